The number of ether oxygens (including phenoxy) is 1. The number of hydrogen-bond donors (Lipinski definition) is 1. The van der Waals surface area contributed by atoms with Crippen molar-refractivity contribution in [2.24, 2.45) is 5.92 Å². The van der Waals surface area contributed by atoms with Crippen LogP contribution in [0.15, 0.2) is 18.3 Å². The van der Waals surface area contributed by atoms with Crippen LogP contribution in [-0.2, 0) is 0 Å². The van der Waals surface area contributed by atoms with E-state index in [9.17, 15) is 0 Å². The van der Waals surface area contributed by atoms with E-state index in [0.717, 1.165) is 31.2 Å². The van der Waals surface area contributed by atoms with Crippen molar-refractivity contribution in [3.63, 3.8) is 0 Å². The van der Waals surface area contributed by atoms with E-state index in [1.807, 2.05) is 25.3 Å². The predicted molar refractivity (Wildman–Crippen MR) is 83.5 cm³/mol. The molecule has 4 heteroatoms. The first-order valence-electron chi connectivity index (χ1n) is 7.82. The summed E-state index contributed by atoms with van der Waals surface area (Å²) in [6.07, 6.45) is 4.37. The molecule has 2 heterocycles. The van der Waals surface area contributed by atoms with E-state index in [1.165, 1.54) is 12.8 Å². The second-order valence-electron chi connectivity index (χ2n) is 5.45. The number of aromatic nitrogens is 1. The van der Waals surface area contributed by atoms with Gasteiger partial charge in [-0.1, -0.05) is 6.92 Å². The van der Waals surface area contributed by atoms with Crippen LogP contribution >= 0.6 is 0 Å². The predicted octanol–water partition coefficient (Wildman–Crippen LogP) is 2.69. The molecule has 1 aliphatic heterocycles. The lowest BCUT2D eigenvalue weighted by molar-refractivity contribution is 0.314. The Morgan fingerprint density at radius 3 is 3.10 bits per heavy atom. The fourth-order valence-electron chi connectivity index (χ4n) is 2.99. The van der Waals surface area contributed by atoms with E-state index in [1.54, 1.807) is 0 Å². The lowest BCUT2D eigenvalue weighted by atomic mass is 9.91. The van der Waals surface area contributed by atoms with Gasteiger partial charge in [0.25, 0.3) is 0 Å². The van der Waals surface area contributed by atoms with Crippen molar-refractivity contribution in [3.05, 3.63) is 18.3 Å². The van der Waals surface area contributed by atoms with Crippen molar-refractivity contribution in [2.75, 3.05) is 31.1 Å². The first-order chi connectivity index (χ1) is 9.76. The van der Waals surface area contributed by atoms with Gasteiger partial charge in [-0.15, -0.1) is 0 Å². The van der Waals surface area contributed by atoms with Gasteiger partial charge in [-0.05, 0) is 51.3 Å². The summed E-state index contributed by atoms with van der Waals surface area (Å²) in [6.45, 7) is 10.3. The highest BCUT2D eigenvalue weighted by molar-refractivity contribution is 5.52. The van der Waals surface area contributed by atoms with Crippen molar-refractivity contribution >= 4 is 5.82 Å². The molecular weight excluding hydrogens is 250 g/mol. The average molecular weight is 277 g/mol. The van der Waals surface area contributed by atoms with Crippen LogP contribution in [0.1, 0.15) is 33.6 Å². The summed E-state index contributed by atoms with van der Waals surface area (Å²) < 4.78 is 5.71. The van der Waals surface area contributed by atoms with Gasteiger partial charge in [0.1, 0.15) is 0 Å². The molecule has 2 rings (SSSR count). The number of nitrogens with zero attached hydrogens (tertiary/aromatic N) is 2. The first kappa shape index (κ1) is 15.1. The molecule has 2 atom stereocenters. The van der Waals surface area contributed by atoms with E-state index < -0.39 is 0 Å². The minimum Gasteiger partial charge on any atom is -0.490 e. The molecule has 0 aliphatic carbocycles. The maximum absolute atomic E-state index is 5.71. The Hall–Kier alpha value is -1.29. The van der Waals surface area contributed by atoms with Gasteiger partial charge in [0.15, 0.2) is 11.6 Å². The molecule has 1 aromatic heterocycles. The summed E-state index contributed by atoms with van der Waals surface area (Å²) >= 11 is 0. The molecule has 0 bridgehead atoms. The van der Waals surface area contributed by atoms with E-state index in [0.29, 0.717) is 18.6 Å². The van der Waals surface area contributed by atoms with Crippen molar-refractivity contribution in [1.82, 2.24) is 10.3 Å². The van der Waals surface area contributed by atoms with Crippen LogP contribution in [0.25, 0.3) is 0 Å². The molecule has 1 aliphatic rings. The van der Waals surface area contributed by atoms with Crippen LogP contribution in [0.3, 0.4) is 0 Å². The van der Waals surface area contributed by atoms with Crippen LogP contribution in [0.4, 0.5) is 5.82 Å². The van der Waals surface area contributed by atoms with E-state index >= 15 is 0 Å². The molecule has 0 radical (unpaired) electrons. The number of nitrogens with one attached hydrogen (secondary N) is 1. The third kappa shape index (κ3) is 3.63. The SMILES string of the molecule is CCNC(C)C1CCCN(c2ncccc2OCC)C1. The Labute approximate surface area is 122 Å². The number of rotatable bonds is 6. The molecule has 20 heavy (non-hydrogen) atoms. The zero-order valence-corrected chi connectivity index (χ0v) is 12.9. The quantitative estimate of drug-likeness (QED) is 0.867. The highest BCUT2D eigenvalue weighted by Crippen LogP contribution is 2.30. The van der Waals surface area contributed by atoms with Crippen molar-refractivity contribution < 1.29 is 4.74 Å². The maximum Gasteiger partial charge on any atom is 0.171 e. The van der Waals surface area contributed by atoms with Gasteiger partial charge in [-0.2, -0.15) is 0 Å². The third-order valence-electron chi connectivity index (χ3n) is 4.04. The monoisotopic (exact) mass is 277 g/mol. The van der Waals surface area contributed by atoms with Crippen LogP contribution in [-0.4, -0.2) is 37.3 Å². The summed E-state index contributed by atoms with van der Waals surface area (Å²) in [6, 6.07) is 4.52. The van der Waals surface area contributed by atoms with Crippen LogP contribution < -0.4 is 15.0 Å². The zero-order chi connectivity index (χ0) is 14.4. The lowest BCUT2D eigenvalue weighted by Crippen LogP contribution is -2.44. The lowest BCUT2D eigenvalue weighted by Gasteiger charge is -2.37. The van der Waals surface area contributed by atoms with Crippen molar-refractivity contribution in [3.8, 4) is 5.75 Å². The van der Waals surface area contributed by atoms with Gasteiger partial charge < -0.3 is 15.0 Å². The smallest absolute Gasteiger partial charge is 0.171 e. The highest BCUT2D eigenvalue weighted by atomic mass is 16.5. The average Bonchev–Trinajstić information content (AvgIpc) is 2.48. The Morgan fingerprint density at radius 1 is 1.50 bits per heavy atom. The second kappa shape index (κ2) is 7.48. The summed E-state index contributed by atoms with van der Waals surface area (Å²) in [4.78, 5) is 6.92. The van der Waals surface area contributed by atoms with Gasteiger partial charge in [0.05, 0.1) is 6.61 Å². The molecule has 1 fully saturated rings. The zero-order valence-electron chi connectivity index (χ0n) is 12.9. The molecule has 1 N–H and O–H groups in total. The highest BCUT2D eigenvalue weighted by Gasteiger charge is 2.26. The minimum absolute atomic E-state index is 0.557. The summed E-state index contributed by atoms with van der Waals surface area (Å²) in [5.41, 5.74) is 0. The molecule has 0 spiro atoms. The fraction of sp³-hybridized carbons (Fsp3) is 0.688. The molecule has 2 unspecified atom stereocenters. The fourth-order valence-corrected chi connectivity index (χ4v) is 2.99. The summed E-state index contributed by atoms with van der Waals surface area (Å²) in [7, 11) is 0. The molecule has 112 valence electrons. The molecule has 0 saturated carbocycles. The van der Waals surface area contributed by atoms with Gasteiger partial charge in [0.2, 0.25) is 0 Å². The number of pyridine rings is 1. The number of piperidine rings is 1. The largest absolute Gasteiger partial charge is 0.490 e. The normalized spacial score (nSPS) is 20.8. The Bertz CT molecular complexity index is 410. The Balaban J connectivity index is 2.08. The van der Waals surface area contributed by atoms with Gasteiger partial charge in [-0.25, -0.2) is 4.98 Å². The molecule has 0 aromatic carbocycles. The maximum atomic E-state index is 5.71. The summed E-state index contributed by atoms with van der Waals surface area (Å²) in [5, 5.41) is 3.55. The second-order valence-corrected chi connectivity index (χ2v) is 5.45. The molecular formula is C16H27N3O. The van der Waals surface area contributed by atoms with Gasteiger partial charge in [-0.3, -0.25) is 0 Å². The Morgan fingerprint density at radius 2 is 2.35 bits per heavy atom. The van der Waals surface area contributed by atoms with Gasteiger partial charge >= 0.3 is 0 Å². The standard InChI is InChI=1S/C16H27N3O/c1-4-17-13(3)14-8-7-11-19(12-14)16-15(20-5-2)9-6-10-18-16/h6,9-10,13-14,17H,4-5,7-8,11-12H2,1-3H3. The van der Waals surface area contributed by atoms with Crippen LogP contribution in [0.2, 0.25) is 0 Å². The number of hydrogen-bond acceptors (Lipinski definition) is 4. The van der Waals surface area contributed by atoms with E-state index in [-0.39, 0.29) is 0 Å². The molecule has 0 amide bonds. The topological polar surface area (TPSA) is 37.4 Å². The van der Waals surface area contributed by atoms with Crippen molar-refractivity contribution in [1.29, 1.82) is 0 Å². The van der Waals surface area contributed by atoms with E-state index in [2.05, 4.69) is 29.0 Å². The van der Waals surface area contributed by atoms with Crippen LogP contribution in [0.5, 0.6) is 5.75 Å². The molecule has 1 saturated heterocycles. The summed E-state index contributed by atoms with van der Waals surface area (Å²) in [5.74, 6) is 2.59. The first-order valence-corrected chi connectivity index (χ1v) is 7.82. The van der Waals surface area contributed by atoms with E-state index in [4.69, 9.17) is 4.74 Å². The van der Waals surface area contributed by atoms with Crippen LogP contribution in [0, 0.1) is 5.92 Å². The minimum atomic E-state index is 0.557. The Kier molecular flexibility index (Phi) is 5.65. The van der Waals surface area contributed by atoms with Gasteiger partial charge in [0, 0.05) is 25.3 Å². The van der Waals surface area contributed by atoms with Crippen molar-refractivity contribution in [2.45, 2.75) is 39.7 Å². The molecule has 1 aromatic rings. The third-order valence-corrected chi connectivity index (χ3v) is 4.04. The molecule has 4 nitrogen and oxygen atoms in total. The number of anilines is 1.